The molecule has 110 valence electrons. The van der Waals surface area contributed by atoms with Crippen molar-refractivity contribution in [1.29, 1.82) is 0 Å². The molecule has 4 nitrogen and oxygen atoms in total. The van der Waals surface area contributed by atoms with E-state index in [4.69, 9.17) is 21.7 Å². The number of ketones is 1. The maximum Gasteiger partial charge on any atom is 0.311 e. The molecule has 0 unspecified atom stereocenters. The van der Waals surface area contributed by atoms with Crippen LogP contribution in [0, 0.1) is 0 Å². The van der Waals surface area contributed by atoms with Gasteiger partial charge in [-0.3, -0.25) is 9.59 Å². The molecule has 1 aromatic carbocycles. The number of thiocarbonyl (C=S) groups is 1. The Morgan fingerprint density at radius 2 is 2.19 bits per heavy atom. The van der Waals surface area contributed by atoms with Crippen molar-refractivity contribution in [3.8, 4) is 11.5 Å². The number of thioether (sulfide) groups is 1. The van der Waals surface area contributed by atoms with Crippen molar-refractivity contribution in [2.75, 3.05) is 7.11 Å². The molecule has 0 spiro atoms. The Hall–Kier alpha value is -1.66. The molecule has 0 N–H and O–H groups in total. The predicted octanol–water partition coefficient (Wildman–Crippen LogP) is 3.38. The average Bonchev–Trinajstić information content (AvgIpc) is 2.78. The van der Waals surface area contributed by atoms with Crippen molar-refractivity contribution in [1.82, 2.24) is 0 Å². The Kier molecular flexibility index (Phi) is 5.14. The molecule has 0 aromatic heterocycles. The summed E-state index contributed by atoms with van der Waals surface area (Å²) < 4.78 is 11.1. The van der Waals surface area contributed by atoms with E-state index in [9.17, 15) is 9.59 Å². The lowest BCUT2D eigenvalue weighted by atomic mass is 10.1. The molecule has 1 aliphatic heterocycles. The lowest BCUT2D eigenvalue weighted by Crippen LogP contribution is -2.06. The summed E-state index contributed by atoms with van der Waals surface area (Å²) in [5.74, 6) is 0.522. The van der Waals surface area contributed by atoms with E-state index < -0.39 is 0 Å². The first-order chi connectivity index (χ1) is 10.0. The van der Waals surface area contributed by atoms with Crippen LogP contribution in [0.3, 0.4) is 0 Å². The highest BCUT2D eigenvalue weighted by Crippen LogP contribution is 2.34. The van der Waals surface area contributed by atoms with Gasteiger partial charge in [-0.05, 0) is 23.8 Å². The van der Waals surface area contributed by atoms with Gasteiger partial charge in [0.1, 0.15) is 0 Å². The van der Waals surface area contributed by atoms with Gasteiger partial charge in [-0.25, -0.2) is 0 Å². The van der Waals surface area contributed by atoms with Gasteiger partial charge in [0, 0.05) is 6.42 Å². The molecular formula is C15H14O4S2. The van der Waals surface area contributed by atoms with E-state index in [1.807, 2.05) is 0 Å². The predicted molar refractivity (Wildman–Crippen MR) is 86.7 cm³/mol. The first-order valence-corrected chi connectivity index (χ1v) is 7.60. The van der Waals surface area contributed by atoms with Gasteiger partial charge in [0.05, 0.1) is 22.6 Å². The smallest absolute Gasteiger partial charge is 0.311 e. The van der Waals surface area contributed by atoms with Crippen molar-refractivity contribution in [3.05, 3.63) is 28.7 Å². The van der Waals surface area contributed by atoms with Crippen LogP contribution in [0.1, 0.15) is 25.3 Å². The number of rotatable bonds is 4. The maximum atomic E-state index is 11.7. The topological polar surface area (TPSA) is 52.6 Å². The number of hydrogen-bond acceptors (Lipinski definition) is 6. The van der Waals surface area contributed by atoms with Gasteiger partial charge in [-0.1, -0.05) is 37.0 Å². The molecule has 1 saturated heterocycles. The number of methoxy groups -OCH3 is 1. The number of hydrogen-bond donors (Lipinski definition) is 0. The van der Waals surface area contributed by atoms with Gasteiger partial charge in [0.25, 0.3) is 0 Å². The number of carbonyl (C=O) groups is 2. The van der Waals surface area contributed by atoms with E-state index in [0.29, 0.717) is 27.0 Å². The fourth-order valence-corrected chi connectivity index (χ4v) is 2.98. The summed E-state index contributed by atoms with van der Waals surface area (Å²) in [7, 11) is 1.50. The molecule has 1 aromatic rings. The largest absolute Gasteiger partial charge is 0.493 e. The Morgan fingerprint density at radius 1 is 1.43 bits per heavy atom. The molecule has 2 rings (SSSR count). The summed E-state index contributed by atoms with van der Waals surface area (Å²) >= 11 is 6.36. The fraction of sp³-hybridized carbons (Fsp3) is 0.267. The highest BCUT2D eigenvalue weighted by Gasteiger charge is 2.22. The maximum absolute atomic E-state index is 11.7. The Morgan fingerprint density at radius 3 is 2.76 bits per heavy atom. The number of benzene rings is 1. The van der Waals surface area contributed by atoms with Crippen LogP contribution in [-0.4, -0.2) is 23.1 Å². The zero-order valence-corrected chi connectivity index (χ0v) is 13.3. The molecule has 0 atom stereocenters. The Labute approximate surface area is 132 Å². The quantitative estimate of drug-likeness (QED) is 0.366. The van der Waals surface area contributed by atoms with Crippen molar-refractivity contribution >= 4 is 46.0 Å². The number of esters is 1. The van der Waals surface area contributed by atoms with Crippen molar-refractivity contribution in [2.45, 2.75) is 19.8 Å². The third-order valence-corrected chi connectivity index (χ3v) is 4.13. The molecule has 1 heterocycles. The van der Waals surface area contributed by atoms with Gasteiger partial charge in [0.2, 0.25) is 0 Å². The van der Waals surface area contributed by atoms with E-state index in [2.05, 4.69) is 0 Å². The second-order valence-corrected chi connectivity index (χ2v) is 6.21. The number of allylic oxidation sites excluding steroid dienone is 1. The van der Waals surface area contributed by atoms with Crippen LogP contribution in [0.25, 0.3) is 6.08 Å². The Balaban J connectivity index is 2.27. The van der Waals surface area contributed by atoms with E-state index in [-0.39, 0.29) is 18.2 Å². The van der Waals surface area contributed by atoms with E-state index in [1.54, 1.807) is 31.2 Å². The summed E-state index contributed by atoms with van der Waals surface area (Å²) in [4.78, 5) is 23.7. The zero-order valence-electron chi connectivity index (χ0n) is 11.7. The van der Waals surface area contributed by atoms with Crippen LogP contribution >= 0.6 is 24.0 Å². The van der Waals surface area contributed by atoms with E-state index >= 15 is 0 Å². The van der Waals surface area contributed by atoms with Crippen LogP contribution in [-0.2, 0) is 9.59 Å². The lowest BCUT2D eigenvalue weighted by molar-refractivity contribution is -0.134. The minimum atomic E-state index is -0.328. The molecule has 6 heteroatoms. The van der Waals surface area contributed by atoms with Gasteiger partial charge >= 0.3 is 5.97 Å². The molecule has 1 aliphatic rings. The van der Waals surface area contributed by atoms with Crippen LogP contribution in [0.2, 0.25) is 0 Å². The molecule has 21 heavy (non-hydrogen) atoms. The summed E-state index contributed by atoms with van der Waals surface area (Å²) in [5.41, 5.74) is 0.795. The molecule has 1 fully saturated rings. The summed E-state index contributed by atoms with van der Waals surface area (Å²) in [6, 6.07) is 5.14. The summed E-state index contributed by atoms with van der Waals surface area (Å²) in [6.07, 6.45) is 2.37. The minimum Gasteiger partial charge on any atom is -0.493 e. The van der Waals surface area contributed by atoms with Crippen molar-refractivity contribution in [3.63, 3.8) is 0 Å². The van der Waals surface area contributed by atoms with Crippen molar-refractivity contribution < 1.29 is 19.1 Å². The second kappa shape index (κ2) is 6.87. The fourth-order valence-electron chi connectivity index (χ4n) is 1.75. The van der Waals surface area contributed by atoms with E-state index in [0.717, 1.165) is 5.56 Å². The van der Waals surface area contributed by atoms with E-state index in [1.165, 1.54) is 18.9 Å². The van der Waals surface area contributed by atoms with Gasteiger partial charge in [0.15, 0.2) is 17.3 Å². The molecular weight excluding hydrogens is 308 g/mol. The van der Waals surface area contributed by atoms with Crippen LogP contribution in [0.15, 0.2) is 23.1 Å². The molecule has 0 saturated carbocycles. The Bertz CT molecular complexity index is 635. The molecule has 0 radical (unpaired) electrons. The van der Waals surface area contributed by atoms with Gasteiger partial charge in [-0.15, -0.1) is 0 Å². The monoisotopic (exact) mass is 322 g/mol. The molecule has 0 amide bonds. The highest BCUT2D eigenvalue weighted by atomic mass is 32.2. The average molecular weight is 322 g/mol. The summed E-state index contributed by atoms with van der Waals surface area (Å²) in [5, 5.41) is 0. The molecule has 0 bridgehead atoms. The summed E-state index contributed by atoms with van der Waals surface area (Å²) in [6.45, 7) is 1.72. The third kappa shape index (κ3) is 3.92. The van der Waals surface area contributed by atoms with Crippen LogP contribution < -0.4 is 9.47 Å². The van der Waals surface area contributed by atoms with Crippen LogP contribution in [0.5, 0.6) is 11.5 Å². The standard InChI is InChI=1S/C15H14O4S2/c1-3-14(17)19-11-5-4-9(6-12(11)18-2)7-13-10(16)8-15(20)21-13/h4-7H,3,8H2,1-2H3/b13-7+. The minimum absolute atomic E-state index is 0.0328. The highest BCUT2D eigenvalue weighted by molar-refractivity contribution is 8.27. The normalized spacial score (nSPS) is 16.4. The number of carbonyl (C=O) groups excluding carboxylic acids is 2. The second-order valence-electron chi connectivity index (χ2n) is 4.32. The number of Topliss-reactive ketones (excluding diaryl/α,β-unsaturated/α-hetero) is 1. The molecule has 0 aliphatic carbocycles. The first-order valence-electron chi connectivity index (χ1n) is 6.37. The number of ether oxygens (including phenoxy) is 2. The SMILES string of the molecule is CCC(=O)Oc1ccc(/C=C2/SC(=S)CC2=O)cc1OC. The van der Waals surface area contributed by atoms with Gasteiger partial charge < -0.3 is 9.47 Å². The zero-order chi connectivity index (χ0) is 15.4. The van der Waals surface area contributed by atoms with Crippen molar-refractivity contribution in [2.24, 2.45) is 0 Å². The van der Waals surface area contributed by atoms with Gasteiger partial charge in [-0.2, -0.15) is 0 Å². The third-order valence-electron chi connectivity index (χ3n) is 2.80. The first kappa shape index (κ1) is 15.7. The van der Waals surface area contributed by atoms with Crippen LogP contribution in [0.4, 0.5) is 0 Å². The lowest BCUT2D eigenvalue weighted by Gasteiger charge is -2.09.